The highest BCUT2D eigenvalue weighted by Gasteiger charge is 2.18. The Kier molecular flexibility index (Phi) is 4.57. The minimum Gasteiger partial charge on any atom is -0.338 e. The van der Waals surface area contributed by atoms with Gasteiger partial charge in [-0.3, -0.25) is 0 Å². The number of aryl methyl sites for hydroxylation is 1. The van der Waals surface area contributed by atoms with Crippen molar-refractivity contribution in [2.75, 3.05) is 33.2 Å². The number of nitrogens with zero attached hydrogens (tertiary/aromatic N) is 3. The molecule has 0 amide bonds. The topological polar surface area (TPSA) is 33.1 Å². The van der Waals surface area contributed by atoms with E-state index in [1.165, 1.54) is 38.3 Å². The fourth-order valence-electron chi connectivity index (χ4n) is 2.60. The standard InChI is InChI=1S/C13H24N4/c1-14-11-12-3-7-17(8-4-12)9-5-13-15-6-10-16(13)2/h6,10,12,14H,3-5,7-9,11H2,1-2H3. The SMILES string of the molecule is CNCC1CCN(CCc2nccn2C)CC1. The van der Waals surface area contributed by atoms with Crippen LogP contribution in [0.1, 0.15) is 18.7 Å². The van der Waals surface area contributed by atoms with E-state index in [9.17, 15) is 0 Å². The Balaban J connectivity index is 1.70. The average Bonchev–Trinajstić information content (AvgIpc) is 2.75. The van der Waals surface area contributed by atoms with Crippen LogP contribution in [0.4, 0.5) is 0 Å². The van der Waals surface area contributed by atoms with Crippen LogP contribution < -0.4 is 5.32 Å². The van der Waals surface area contributed by atoms with Crippen LogP contribution in [0.25, 0.3) is 0 Å². The van der Waals surface area contributed by atoms with Gasteiger partial charge in [-0.2, -0.15) is 0 Å². The van der Waals surface area contributed by atoms with Gasteiger partial charge in [0.2, 0.25) is 0 Å². The quantitative estimate of drug-likeness (QED) is 0.824. The van der Waals surface area contributed by atoms with E-state index >= 15 is 0 Å². The van der Waals surface area contributed by atoms with Crippen LogP contribution in [0.5, 0.6) is 0 Å². The van der Waals surface area contributed by atoms with Gasteiger partial charge in [0.25, 0.3) is 0 Å². The molecule has 1 aromatic rings. The molecule has 1 aromatic heterocycles. The highest BCUT2D eigenvalue weighted by molar-refractivity contribution is 4.92. The van der Waals surface area contributed by atoms with Crippen molar-refractivity contribution in [2.45, 2.75) is 19.3 Å². The lowest BCUT2D eigenvalue weighted by Crippen LogP contribution is -2.37. The summed E-state index contributed by atoms with van der Waals surface area (Å²) in [6.45, 7) is 4.82. The number of imidazole rings is 1. The number of rotatable bonds is 5. The van der Waals surface area contributed by atoms with Crippen LogP contribution in [0.2, 0.25) is 0 Å². The molecule has 1 aliphatic rings. The number of hydrogen-bond acceptors (Lipinski definition) is 3. The number of piperidine rings is 1. The van der Waals surface area contributed by atoms with Crippen LogP contribution in [-0.2, 0) is 13.5 Å². The third-order valence-electron chi connectivity index (χ3n) is 3.77. The summed E-state index contributed by atoms with van der Waals surface area (Å²) in [5.74, 6) is 2.08. The lowest BCUT2D eigenvalue weighted by atomic mass is 9.97. The molecule has 4 nitrogen and oxygen atoms in total. The molecular formula is C13H24N4. The summed E-state index contributed by atoms with van der Waals surface area (Å²) in [6.07, 6.45) is 7.64. The van der Waals surface area contributed by atoms with Gasteiger partial charge in [-0.25, -0.2) is 4.98 Å². The van der Waals surface area contributed by atoms with Crippen molar-refractivity contribution in [2.24, 2.45) is 13.0 Å². The van der Waals surface area contributed by atoms with Gasteiger partial charge < -0.3 is 14.8 Å². The Bertz CT molecular complexity index is 326. The van der Waals surface area contributed by atoms with Crippen LogP contribution in [0.15, 0.2) is 12.4 Å². The van der Waals surface area contributed by atoms with Crippen LogP contribution >= 0.6 is 0 Å². The van der Waals surface area contributed by atoms with Crippen LogP contribution in [0, 0.1) is 5.92 Å². The van der Waals surface area contributed by atoms with Crippen molar-refractivity contribution in [3.05, 3.63) is 18.2 Å². The number of aromatic nitrogens is 2. The molecule has 0 saturated carbocycles. The second-order valence-corrected chi connectivity index (χ2v) is 5.05. The van der Waals surface area contributed by atoms with Gasteiger partial charge in [-0.1, -0.05) is 0 Å². The maximum atomic E-state index is 4.37. The first-order valence-electron chi connectivity index (χ1n) is 6.62. The molecule has 1 aliphatic heterocycles. The molecule has 1 fully saturated rings. The zero-order valence-corrected chi connectivity index (χ0v) is 11.0. The van der Waals surface area contributed by atoms with Crippen molar-refractivity contribution < 1.29 is 0 Å². The zero-order chi connectivity index (χ0) is 12.1. The average molecular weight is 236 g/mol. The normalized spacial score (nSPS) is 18.7. The third-order valence-corrected chi connectivity index (χ3v) is 3.77. The van der Waals surface area contributed by atoms with E-state index < -0.39 is 0 Å². The lowest BCUT2D eigenvalue weighted by molar-refractivity contribution is 0.184. The van der Waals surface area contributed by atoms with Gasteiger partial charge in [0.1, 0.15) is 5.82 Å². The zero-order valence-electron chi connectivity index (χ0n) is 11.0. The van der Waals surface area contributed by atoms with Crippen molar-refractivity contribution in [3.8, 4) is 0 Å². The molecule has 2 rings (SSSR count). The largest absolute Gasteiger partial charge is 0.338 e. The summed E-state index contributed by atoms with van der Waals surface area (Å²) in [4.78, 5) is 6.94. The van der Waals surface area contributed by atoms with E-state index in [1.54, 1.807) is 0 Å². The number of nitrogens with one attached hydrogen (secondary N) is 1. The predicted octanol–water partition coefficient (Wildman–Crippen LogP) is 0.894. The number of likely N-dealkylation sites (tertiary alicyclic amines) is 1. The van der Waals surface area contributed by atoms with E-state index in [0.717, 1.165) is 18.9 Å². The van der Waals surface area contributed by atoms with Crippen molar-refractivity contribution in [1.82, 2.24) is 19.8 Å². The predicted molar refractivity (Wildman–Crippen MR) is 70.0 cm³/mol. The summed E-state index contributed by atoms with van der Waals surface area (Å²) in [7, 11) is 4.12. The monoisotopic (exact) mass is 236 g/mol. The van der Waals surface area contributed by atoms with E-state index in [2.05, 4.69) is 26.8 Å². The van der Waals surface area contributed by atoms with E-state index in [-0.39, 0.29) is 0 Å². The lowest BCUT2D eigenvalue weighted by Gasteiger charge is -2.31. The second-order valence-electron chi connectivity index (χ2n) is 5.05. The molecule has 0 aromatic carbocycles. The Morgan fingerprint density at radius 3 is 2.76 bits per heavy atom. The van der Waals surface area contributed by atoms with Crippen molar-refractivity contribution >= 4 is 0 Å². The van der Waals surface area contributed by atoms with Gasteiger partial charge in [0.15, 0.2) is 0 Å². The Morgan fingerprint density at radius 1 is 1.41 bits per heavy atom. The minimum absolute atomic E-state index is 0.879. The molecule has 2 heterocycles. The molecule has 0 atom stereocenters. The molecule has 0 aliphatic carbocycles. The first-order valence-corrected chi connectivity index (χ1v) is 6.62. The summed E-state index contributed by atoms with van der Waals surface area (Å²) in [5.41, 5.74) is 0. The minimum atomic E-state index is 0.879. The second kappa shape index (κ2) is 6.17. The fourth-order valence-corrected chi connectivity index (χ4v) is 2.60. The molecule has 0 spiro atoms. The van der Waals surface area contributed by atoms with Gasteiger partial charge in [-0.05, 0) is 45.4 Å². The summed E-state index contributed by atoms with van der Waals surface area (Å²) >= 11 is 0. The maximum absolute atomic E-state index is 4.37. The van der Waals surface area contributed by atoms with Gasteiger partial charge >= 0.3 is 0 Å². The van der Waals surface area contributed by atoms with Gasteiger partial charge in [-0.15, -0.1) is 0 Å². The van der Waals surface area contributed by atoms with Crippen molar-refractivity contribution in [1.29, 1.82) is 0 Å². The molecular weight excluding hydrogens is 212 g/mol. The summed E-state index contributed by atoms with van der Waals surface area (Å²) < 4.78 is 2.12. The molecule has 17 heavy (non-hydrogen) atoms. The van der Waals surface area contributed by atoms with Gasteiger partial charge in [0, 0.05) is 32.4 Å². The molecule has 1 N–H and O–H groups in total. The Hall–Kier alpha value is -0.870. The third kappa shape index (κ3) is 3.54. The van der Waals surface area contributed by atoms with E-state index in [0.29, 0.717) is 0 Å². The van der Waals surface area contributed by atoms with Crippen LogP contribution in [0.3, 0.4) is 0 Å². The van der Waals surface area contributed by atoms with E-state index in [4.69, 9.17) is 0 Å². The summed E-state index contributed by atoms with van der Waals surface area (Å²) in [5, 5.41) is 3.28. The molecule has 0 unspecified atom stereocenters. The highest BCUT2D eigenvalue weighted by Crippen LogP contribution is 2.16. The van der Waals surface area contributed by atoms with E-state index in [1.807, 2.05) is 19.4 Å². The van der Waals surface area contributed by atoms with Crippen LogP contribution in [-0.4, -0.2) is 47.7 Å². The van der Waals surface area contributed by atoms with Crippen molar-refractivity contribution in [3.63, 3.8) is 0 Å². The molecule has 4 heteroatoms. The maximum Gasteiger partial charge on any atom is 0.109 e. The molecule has 96 valence electrons. The highest BCUT2D eigenvalue weighted by atomic mass is 15.1. The molecule has 0 radical (unpaired) electrons. The smallest absolute Gasteiger partial charge is 0.109 e. The Labute approximate surface area is 104 Å². The summed E-state index contributed by atoms with van der Waals surface area (Å²) in [6, 6.07) is 0. The number of hydrogen-bond donors (Lipinski definition) is 1. The first-order chi connectivity index (χ1) is 8.29. The van der Waals surface area contributed by atoms with Gasteiger partial charge in [0.05, 0.1) is 0 Å². The Morgan fingerprint density at radius 2 is 2.18 bits per heavy atom. The molecule has 0 bridgehead atoms. The fraction of sp³-hybridized carbons (Fsp3) is 0.769. The first kappa shape index (κ1) is 12.6. The molecule has 1 saturated heterocycles.